The van der Waals surface area contributed by atoms with Crippen LogP contribution in [0.1, 0.15) is 38.7 Å². The summed E-state index contributed by atoms with van der Waals surface area (Å²) >= 11 is 0. The maximum absolute atomic E-state index is 11.0. The van der Waals surface area contributed by atoms with Gasteiger partial charge in [-0.2, -0.15) is 0 Å². The third kappa shape index (κ3) is 5.17. The lowest BCUT2D eigenvalue weighted by Gasteiger charge is -2.17. The van der Waals surface area contributed by atoms with Crippen LogP contribution in [-0.4, -0.2) is 30.0 Å². The average Bonchev–Trinajstić information content (AvgIpc) is 2.42. The Labute approximate surface area is 121 Å². The summed E-state index contributed by atoms with van der Waals surface area (Å²) in [6, 6.07) is 5.34. The first-order valence-corrected chi connectivity index (χ1v) is 7.28. The summed E-state index contributed by atoms with van der Waals surface area (Å²) in [5.41, 5.74) is 1.88. The Morgan fingerprint density at radius 3 is 2.65 bits per heavy atom. The van der Waals surface area contributed by atoms with Crippen molar-refractivity contribution in [1.82, 2.24) is 4.90 Å². The van der Waals surface area contributed by atoms with Crippen molar-refractivity contribution in [2.45, 2.75) is 39.7 Å². The maximum Gasteiger partial charge on any atom is 0.292 e. The Morgan fingerprint density at radius 2 is 2.05 bits per heavy atom. The first-order valence-electron chi connectivity index (χ1n) is 7.28. The molecule has 0 saturated heterocycles. The van der Waals surface area contributed by atoms with Gasteiger partial charge in [0.05, 0.1) is 4.92 Å². The van der Waals surface area contributed by atoms with Gasteiger partial charge in [-0.15, -0.1) is 0 Å². The predicted octanol–water partition coefficient (Wildman–Crippen LogP) is 3.65. The molecule has 0 radical (unpaired) electrons. The largest absolute Gasteiger partial charge is 0.379 e. The number of nitro benzene ring substituents is 1. The van der Waals surface area contributed by atoms with E-state index in [0.717, 1.165) is 31.6 Å². The minimum Gasteiger partial charge on any atom is -0.379 e. The van der Waals surface area contributed by atoms with E-state index >= 15 is 0 Å². The fourth-order valence-electron chi connectivity index (χ4n) is 2.06. The van der Waals surface area contributed by atoms with E-state index in [-0.39, 0.29) is 10.6 Å². The second-order valence-corrected chi connectivity index (χ2v) is 5.13. The first-order chi connectivity index (χ1) is 9.58. The van der Waals surface area contributed by atoms with Crippen LogP contribution in [0, 0.1) is 10.1 Å². The van der Waals surface area contributed by atoms with Crippen molar-refractivity contribution < 1.29 is 4.92 Å². The molecule has 0 heterocycles. The number of benzene rings is 1. The number of nitrogens with zero attached hydrogens (tertiary/aromatic N) is 2. The highest BCUT2D eigenvalue weighted by atomic mass is 16.6. The molecule has 0 spiro atoms. The molecule has 0 aliphatic heterocycles. The smallest absolute Gasteiger partial charge is 0.292 e. The van der Waals surface area contributed by atoms with E-state index in [9.17, 15) is 10.1 Å². The van der Waals surface area contributed by atoms with Gasteiger partial charge in [0.2, 0.25) is 0 Å². The summed E-state index contributed by atoms with van der Waals surface area (Å²) in [7, 11) is 2.08. The van der Waals surface area contributed by atoms with Crippen molar-refractivity contribution in [3.05, 3.63) is 33.9 Å². The predicted molar refractivity (Wildman–Crippen MR) is 83.1 cm³/mol. The van der Waals surface area contributed by atoms with Crippen molar-refractivity contribution in [2.75, 3.05) is 25.5 Å². The highest BCUT2D eigenvalue weighted by Crippen LogP contribution is 2.26. The van der Waals surface area contributed by atoms with Gasteiger partial charge in [-0.25, -0.2) is 0 Å². The Morgan fingerprint density at radius 1 is 1.30 bits per heavy atom. The molecule has 0 atom stereocenters. The fourth-order valence-corrected chi connectivity index (χ4v) is 2.06. The van der Waals surface area contributed by atoms with Crippen molar-refractivity contribution in [3.8, 4) is 0 Å². The summed E-state index contributed by atoms with van der Waals surface area (Å²) < 4.78 is 0. The molecule has 0 aromatic heterocycles. The Kier molecular flexibility index (Phi) is 7.01. The molecule has 112 valence electrons. The van der Waals surface area contributed by atoms with Crippen molar-refractivity contribution >= 4 is 11.4 Å². The Hall–Kier alpha value is -1.62. The van der Waals surface area contributed by atoms with Gasteiger partial charge in [0, 0.05) is 19.2 Å². The molecule has 1 N–H and O–H groups in total. The quantitative estimate of drug-likeness (QED) is 0.553. The van der Waals surface area contributed by atoms with E-state index in [2.05, 4.69) is 24.2 Å². The highest BCUT2D eigenvalue weighted by Gasteiger charge is 2.14. The fraction of sp³-hybridized carbons (Fsp3) is 0.600. The van der Waals surface area contributed by atoms with Crippen LogP contribution in [0.2, 0.25) is 0 Å². The Balaban J connectivity index is 2.80. The molecule has 1 aromatic carbocycles. The SMILES string of the molecule is CCCCN(C)Cc1ccc([N+](=O)[O-])c(NCCC)c1. The molecule has 5 heteroatoms. The molecular weight excluding hydrogens is 254 g/mol. The van der Waals surface area contributed by atoms with Gasteiger partial charge in [0.15, 0.2) is 0 Å². The summed E-state index contributed by atoms with van der Waals surface area (Å²) in [5, 5.41) is 14.2. The van der Waals surface area contributed by atoms with Crippen LogP contribution in [0.3, 0.4) is 0 Å². The topological polar surface area (TPSA) is 58.4 Å². The van der Waals surface area contributed by atoms with E-state index in [0.29, 0.717) is 5.69 Å². The zero-order valence-corrected chi connectivity index (χ0v) is 12.7. The van der Waals surface area contributed by atoms with Crippen LogP contribution >= 0.6 is 0 Å². The van der Waals surface area contributed by atoms with Crippen LogP contribution in [0.5, 0.6) is 0 Å². The number of nitro groups is 1. The van der Waals surface area contributed by atoms with Crippen molar-refractivity contribution in [1.29, 1.82) is 0 Å². The van der Waals surface area contributed by atoms with Gasteiger partial charge in [0.25, 0.3) is 5.69 Å². The lowest BCUT2D eigenvalue weighted by molar-refractivity contribution is -0.384. The summed E-state index contributed by atoms with van der Waals surface area (Å²) in [4.78, 5) is 12.9. The zero-order chi connectivity index (χ0) is 15.0. The van der Waals surface area contributed by atoms with E-state index in [1.165, 1.54) is 12.8 Å². The summed E-state index contributed by atoms with van der Waals surface area (Å²) in [6.07, 6.45) is 3.29. The molecule has 0 bridgehead atoms. The van der Waals surface area contributed by atoms with Gasteiger partial charge >= 0.3 is 0 Å². The molecule has 1 rings (SSSR count). The highest BCUT2D eigenvalue weighted by molar-refractivity contribution is 5.62. The third-order valence-corrected chi connectivity index (χ3v) is 3.17. The van der Waals surface area contributed by atoms with Crippen LogP contribution in [0.15, 0.2) is 18.2 Å². The lowest BCUT2D eigenvalue weighted by atomic mass is 10.1. The second kappa shape index (κ2) is 8.53. The van der Waals surface area contributed by atoms with E-state index in [1.54, 1.807) is 6.07 Å². The second-order valence-electron chi connectivity index (χ2n) is 5.13. The number of rotatable bonds is 9. The van der Waals surface area contributed by atoms with Crippen molar-refractivity contribution in [2.24, 2.45) is 0 Å². The van der Waals surface area contributed by atoms with Crippen LogP contribution in [-0.2, 0) is 6.54 Å². The zero-order valence-electron chi connectivity index (χ0n) is 12.7. The van der Waals surface area contributed by atoms with Gasteiger partial charge in [-0.3, -0.25) is 10.1 Å². The third-order valence-electron chi connectivity index (χ3n) is 3.17. The molecule has 20 heavy (non-hydrogen) atoms. The molecule has 0 saturated carbocycles. The van der Waals surface area contributed by atoms with E-state index in [1.807, 2.05) is 19.1 Å². The minimum absolute atomic E-state index is 0.151. The molecule has 0 amide bonds. The molecule has 0 unspecified atom stereocenters. The van der Waals surface area contributed by atoms with Gasteiger partial charge in [-0.1, -0.05) is 26.3 Å². The van der Waals surface area contributed by atoms with E-state index < -0.39 is 0 Å². The number of hydrogen-bond donors (Lipinski definition) is 1. The Bertz CT molecular complexity index is 435. The molecule has 0 aliphatic carbocycles. The monoisotopic (exact) mass is 279 g/mol. The van der Waals surface area contributed by atoms with Crippen LogP contribution in [0.25, 0.3) is 0 Å². The molecule has 5 nitrogen and oxygen atoms in total. The first kappa shape index (κ1) is 16.4. The minimum atomic E-state index is -0.331. The number of hydrogen-bond acceptors (Lipinski definition) is 4. The van der Waals surface area contributed by atoms with Gasteiger partial charge in [0.1, 0.15) is 5.69 Å². The van der Waals surface area contributed by atoms with Gasteiger partial charge < -0.3 is 10.2 Å². The maximum atomic E-state index is 11.0. The molecule has 0 fully saturated rings. The number of unbranched alkanes of at least 4 members (excludes halogenated alkanes) is 1. The standard InChI is InChI=1S/C15H25N3O2/c1-4-6-10-17(3)12-13-7-8-15(18(19)20)14(11-13)16-9-5-2/h7-8,11,16H,4-6,9-10,12H2,1-3H3. The molecular formula is C15H25N3O2. The summed E-state index contributed by atoms with van der Waals surface area (Å²) in [6.45, 7) is 6.83. The van der Waals surface area contributed by atoms with E-state index in [4.69, 9.17) is 0 Å². The normalized spacial score (nSPS) is 10.8. The van der Waals surface area contributed by atoms with Crippen LogP contribution < -0.4 is 5.32 Å². The molecule has 1 aromatic rings. The molecule has 0 aliphatic rings. The summed E-state index contributed by atoms with van der Waals surface area (Å²) in [5.74, 6) is 0. The number of nitrogens with one attached hydrogen (secondary N) is 1. The van der Waals surface area contributed by atoms with Gasteiger partial charge in [-0.05, 0) is 38.1 Å². The van der Waals surface area contributed by atoms with Crippen molar-refractivity contribution in [3.63, 3.8) is 0 Å². The average molecular weight is 279 g/mol. The number of anilines is 1. The lowest BCUT2D eigenvalue weighted by Crippen LogP contribution is -2.19. The van der Waals surface area contributed by atoms with Crippen LogP contribution in [0.4, 0.5) is 11.4 Å².